The monoisotopic (exact) mass is 428 g/mol. The third-order valence-electron chi connectivity index (χ3n) is 3.84. The van der Waals surface area contributed by atoms with Crippen LogP contribution in [-0.2, 0) is 4.12 Å². The normalized spacial score (nSPS) is 13.0. The summed E-state index contributed by atoms with van der Waals surface area (Å²) in [5, 5.41) is 18.8. The molecule has 2 aromatic carbocycles. The van der Waals surface area contributed by atoms with Gasteiger partial charge in [0.25, 0.3) is 0 Å². The Hall–Kier alpha value is -2.09. The van der Waals surface area contributed by atoms with E-state index in [9.17, 15) is 10.2 Å². The molecule has 0 unspecified atom stereocenters. The summed E-state index contributed by atoms with van der Waals surface area (Å²) < 4.78 is 5.90. The summed E-state index contributed by atoms with van der Waals surface area (Å²) in [6.45, 7) is 17.4. The molecular weight excluding hydrogens is 392 g/mol. The molecule has 2 N–H and O–H groups in total. The molecule has 0 amide bonds. The fourth-order valence-electron chi connectivity index (χ4n) is 3.16. The molecule has 3 nitrogen and oxygen atoms in total. The van der Waals surface area contributed by atoms with E-state index in [0.717, 1.165) is 22.3 Å². The van der Waals surface area contributed by atoms with Crippen LogP contribution >= 0.6 is 0 Å². The lowest BCUT2D eigenvalue weighted by Gasteiger charge is -2.27. The summed E-state index contributed by atoms with van der Waals surface area (Å²) in [4.78, 5) is 0. The van der Waals surface area contributed by atoms with Crippen LogP contribution in [0.4, 0.5) is 0 Å². The number of benzene rings is 2. The number of hydrogen-bond donors (Lipinski definition) is 2. The Morgan fingerprint density at radius 3 is 1.07 bits per heavy atom. The fraction of sp³-hybridized carbons (Fsp3) is 0.333. The third kappa shape index (κ3) is 9.30. The molecule has 0 radical (unpaired) electrons. The molecule has 0 spiro atoms. The summed E-state index contributed by atoms with van der Waals surface area (Å²) in [7, 11) is -2.46. The highest BCUT2D eigenvalue weighted by Gasteiger charge is 2.24. The molecule has 0 aromatic heterocycles. The van der Waals surface area contributed by atoms with Gasteiger partial charge in [-0.05, 0) is 99.7 Å². The highest BCUT2D eigenvalue weighted by Crippen LogP contribution is 2.32. The third-order valence-corrected chi connectivity index (χ3v) is 8.74. The maximum Gasteiger partial charge on any atom is 0.170 e. The molecule has 0 heterocycles. The van der Waals surface area contributed by atoms with Gasteiger partial charge in [-0.3, -0.25) is 0 Å². The first-order chi connectivity index (χ1) is 13.4. The average molecular weight is 429 g/mol. The summed E-state index contributed by atoms with van der Waals surface area (Å²) in [6, 6.07) is 14.3. The van der Waals surface area contributed by atoms with Crippen molar-refractivity contribution in [1.82, 2.24) is 0 Å². The van der Waals surface area contributed by atoms with Crippen LogP contribution in [0, 0.1) is 0 Å². The number of phenols is 2. The second kappa shape index (κ2) is 10.6. The molecule has 0 saturated carbocycles. The van der Waals surface area contributed by atoms with Gasteiger partial charge in [0.05, 0.1) is 0 Å². The van der Waals surface area contributed by atoms with Gasteiger partial charge in [0.2, 0.25) is 0 Å². The highest BCUT2D eigenvalue weighted by molar-refractivity contribution is 6.83. The largest absolute Gasteiger partial charge is 0.508 e. The lowest BCUT2D eigenvalue weighted by molar-refractivity contribution is 0.474. The van der Waals surface area contributed by atoms with Crippen LogP contribution in [-0.4, -0.2) is 26.8 Å². The van der Waals surface area contributed by atoms with Crippen LogP contribution in [0.2, 0.25) is 39.3 Å². The molecule has 0 aliphatic carbocycles. The molecule has 0 aliphatic rings. The molecule has 2 rings (SSSR count). The van der Waals surface area contributed by atoms with Gasteiger partial charge in [0.1, 0.15) is 11.5 Å². The molecule has 2 aromatic rings. The fourth-order valence-corrected chi connectivity index (χ4v) is 10.5. The van der Waals surface area contributed by atoms with E-state index in [1.54, 1.807) is 24.3 Å². The number of rotatable bonds is 5. The molecule has 0 atom stereocenters. The second-order valence-corrected chi connectivity index (χ2v) is 18.1. The van der Waals surface area contributed by atoms with Crippen LogP contribution in [0.5, 0.6) is 11.5 Å². The van der Waals surface area contributed by atoms with E-state index in [1.165, 1.54) is 0 Å². The van der Waals surface area contributed by atoms with Gasteiger partial charge in [-0.25, -0.2) is 0 Å². The first kappa shape index (κ1) is 25.0. The van der Waals surface area contributed by atoms with Crippen molar-refractivity contribution in [3.05, 3.63) is 71.8 Å². The van der Waals surface area contributed by atoms with Crippen LogP contribution in [0.15, 0.2) is 60.7 Å². The van der Waals surface area contributed by atoms with Crippen LogP contribution in [0.25, 0.3) is 11.1 Å². The maximum atomic E-state index is 9.39. The van der Waals surface area contributed by atoms with Crippen molar-refractivity contribution in [3.63, 3.8) is 0 Å². The number of allylic oxidation sites excluding steroid dienone is 4. The topological polar surface area (TPSA) is 49.7 Å². The quantitative estimate of drug-likeness (QED) is 0.388. The minimum atomic E-state index is -1.23. The highest BCUT2D eigenvalue weighted by atomic mass is 28.4. The summed E-state index contributed by atoms with van der Waals surface area (Å²) in [5.74, 6) is 0.520. The van der Waals surface area contributed by atoms with Gasteiger partial charge < -0.3 is 14.3 Å². The van der Waals surface area contributed by atoms with Crippen molar-refractivity contribution in [2.45, 2.75) is 53.1 Å². The zero-order chi connectivity index (χ0) is 22.2. The van der Waals surface area contributed by atoms with Gasteiger partial charge in [0, 0.05) is 0 Å². The first-order valence-electron chi connectivity index (χ1n) is 9.98. The number of hydrogen-bond acceptors (Lipinski definition) is 3. The molecule has 0 fully saturated rings. The van der Waals surface area contributed by atoms with E-state index in [4.69, 9.17) is 4.12 Å². The Morgan fingerprint density at radius 2 is 0.897 bits per heavy atom. The van der Waals surface area contributed by atoms with Crippen molar-refractivity contribution >= 4 is 27.8 Å². The van der Waals surface area contributed by atoms with E-state index >= 15 is 0 Å². The minimum absolute atomic E-state index is 0.260. The lowest BCUT2D eigenvalue weighted by atomic mass is 9.92. The zero-order valence-corrected chi connectivity index (χ0v) is 21.1. The molecule has 0 aliphatic heterocycles. The van der Waals surface area contributed by atoms with Gasteiger partial charge >= 0.3 is 0 Å². The first-order valence-corrected chi connectivity index (χ1v) is 16.8. The van der Waals surface area contributed by atoms with Crippen molar-refractivity contribution in [3.8, 4) is 11.5 Å². The van der Waals surface area contributed by atoms with Crippen molar-refractivity contribution in [2.75, 3.05) is 0 Å². The van der Waals surface area contributed by atoms with E-state index < -0.39 is 16.6 Å². The molecule has 5 heteroatoms. The smallest absolute Gasteiger partial charge is 0.170 e. The van der Waals surface area contributed by atoms with E-state index in [0.29, 0.717) is 0 Å². The summed E-state index contributed by atoms with van der Waals surface area (Å²) in [5.41, 5.74) is 4.29. The minimum Gasteiger partial charge on any atom is -0.508 e. The standard InChI is InChI=1S/C18H18O2.C6H18OSi2/c1-3-17(13-5-9-15(19)10-6-13)18(4-2)14-7-11-16(20)12-8-14;1-8(2,3)7-9(4,5)6/h3-12,19-20H,1-2H3;1-6H3/b17-3+,18-4+;. The lowest BCUT2D eigenvalue weighted by Crippen LogP contribution is -2.39. The zero-order valence-electron chi connectivity index (χ0n) is 19.1. The Morgan fingerprint density at radius 1 is 0.621 bits per heavy atom. The van der Waals surface area contributed by atoms with Crippen molar-refractivity contribution < 1.29 is 14.3 Å². The van der Waals surface area contributed by atoms with Gasteiger partial charge in [0.15, 0.2) is 16.6 Å². The molecule has 158 valence electrons. The van der Waals surface area contributed by atoms with Crippen molar-refractivity contribution in [1.29, 1.82) is 0 Å². The Bertz CT molecular complexity index is 751. The summed E-state index contributed by atoms with van der Waals surface area (Å²) >= 11 is 0. The number of phenolic OH excluding ortho intramolecular Hbond substituents is 2. The van der Waals surface area contributed by atoms with E-state index in [1.807, 2.05) is 38.1 Å². The Balaban J connectivity index is 0.000000396. The van der Waals surface area contributed by atoms with E-state index in [2.05, 4.69) is 51.4 Å². The van der Waals surface area contributed by atoms with Gasteiger partial charge in [-0.2, -0.15) is 0 Å². The van der Waals surface area contributed by atoms with E-state index in [-0.39, 0.29) is 11.5 Å². The number of aromatic hydroxyl groups is 2. The Labute approximate surface area is 178 Å². The summed E-state index contributed by atoms with van der Waals surface area (Å²) in [6.07, 6.45) is 4.10. The van der Waals surface area contributed by atoms with Gasteiger partial charge in [-0.1, -0.05) is 36.4 Å². The molecular formula is C24H36O3Si2. The van der Waals surface area contributed by atoms with Crippen LogP contribution in [0.3, 0.4) is 0 Å². The van der Waals surface area contributed by atoms with Crippen molar-refractivity contribution in [2.24, 2.45) is 0 Å². The van der Waals surface area contributed by atoms with Gasteiger partial charge in [-0.15, -0.1) is 0 Å². The molecule has 29 heavy (non-hydrogen) atoms. The maximum absolute atomic E-state index is 9.39. The Kier molecular flexibility index (Phi) is 9.14. The predicted molar refractivity (Wildman–Crippen MR) is 131 cm³/mol. The SMILES string of the molecule is C/C=C(/C(=C/C)c1ccc(O)cc1)c1ccc(O)cc1.C[Si](C)(C)O[Si](C)(C)C. The second-order valence-electron chi connectivity index (χ2n) is 8.83. The predicted octanol–water partition coefficient (Wildman–Crippen LogP) is 7.28. The van der Waals surface area contributed by atoms with Crippen LogP contribution < -0.4 is 0 Å². The molecule has 0 bridgehead atoms. The van der Waals surface area contributed by atoms with Crippen LogP contribution in [0.1, 0.15) is 25.0 Å². The molecule has 0 saturated heterocycles. The average Bonchev–Trinajstić information content (AvgIpc) is 2.59.